The first-order valence-electron chi connectivity index (χ1n) is 5.25. The van der Waals surface area contributed by atoms with Gasteiger partial charge in [0.05, 0.1) is 16.8 Å². The second-order valence-electron chi connectivity index (χ2n) is 3.79. The number of likely N-dealkylation sites (tertiary alicyclic amines) is 1. The zero-order valence-electron chi connectivity index (χ0n) is 8.78. The Kier molecular flexibility index (Phi) is 3.07. The van der Waals surface area contributed by atoms with Crippen molar-refractivity contribution in [2.75, 3.05) is 18.8 Å². The van der Waals surface area contributed by atoms with Gasteiger partial charge in [0.25, 0.3) is 0 Å². The van der Waals surface area contributed by atoms with E-state index in [9.17, 15) is 0 Å². The SMILES string of the molecule is CCN1CCCC1c1cc(Cl)c(N)nn1. The molecule has 1 aromatic heterocycles. The van der Waals surface area contributed by atoms with Crippen LogP contribution in [0.25, 0.3) is 0 Å². The third-order valence-corrected chi connectivity index (χ3v) is 3.21. The van der Waals surface area contributed by atoms with Gasteiger partial charge in [-0.15, -0.1) is 5.10 Å². The highest BCUT2D eigenvalue weighted by Gasteiger charge is 2.26. The van der Waals surface area contributed by atoms with Gasteiger partial charge < -0.3 is 5.73 Å². The van der Waals surface area contributed by atoms with Crippen LogP contribution in [0, 0.1) is 0 Å². The van der Waals surface area contributed by atoms with Crippen molar-refractivity contribution in [1.82, 2.24) is 15.1 Å². The Hall–Kier alpha value is -0.870. The van der Waals surface area contributed by atoms with E-state index in [1.54, 1.807) is 0 Å². The fraction of sp³-hybridized carbons (Fsp3) is 0.600. The zero-order chi connectivity index (χ0) is 10.8. The van der Waals surface area contributed by atoms with Crippen molar-refractivity contribution < 1.29 is 0 Å². The third-order valence-electron chi connectivity index (χ3n) is 2.90. The van der Waals surface area contributed by atoms with E-state index in [-0.39, 0.29) is 0 Å². The van der Waals surface area contributed by atoms with Crippen LogP contribution in [-0.4, -0.2) is 28.2 Å². The highest BCUT2D eigenvalue weighted by molar-refractivity contribution is 6.32. The Morgan fingerprint density at radius 1 is 1.60 bits per heavy atom. The number of nitrogens with zero attached hydrogens (tertiary/aromatic N) is 3. The molecule has 1 unspecified atom stereocenters. The van der Waals surface area contributed by atoms with Crippen LogP contribution in [0.3, 0.4) is 0 Å². The zero-order valence-corrected chi connectivity index (χ0v) is 9.54. The molecule has 5 heteroatoms. The molecule has 1 aromatic rings. The predicted octanol–water partition coefficient (Wildman–Crippen LogP) is 1.87. The summed E-state index contributed by atoms with van der Waals surface area (Å²) in [5, 5.41) is 8.48. The lowest BCUT2D eigenvalue weighted by molar-refractivity contribution is 0.266. The van der Waals surface area contributed by atoms with E-state index in [0.717, 1.165) is 25.2 Å². The molecule has 4 nitrogen and oxygen atoms in total. The first-order chi connectivity index (χ1) is 7.22. The van der Waals surface area contributed by atoms with Crippen LogP contribution in [0.5, 0.6) is 0 Å². The van der Waals surface area contributed by atoms with E-state index in [4.69, 9.17) is 17.3 Å². The van der Waals surface area contributed by atoms with Crippen molar-refractivity contribution in [2.45, 2.75) is 25.8 Å². The summed E-state index contributed by atoms with van der Waals surface area (Å²) in [4.78, 5) is 2.39. The molecule has 2 rings (SSSR count). The van der Waals surface area contributed by atoms with E-state index >= 15 is 0 Å². The molecule has 1 saturated heterocycles. The van der Waals surface area contributed by atoms with Gasteiger partial charge in [-0.3, -0.25) is 4.90 Å². The van der Waals surface area contributed by atoms with Crippen LogP contribution in [0.2, 0.25) is 5.02 Å². The van der Waals surface area contributed by atoms with Gasteiger partial charge in [-0.2, -0.15) is 5.10 Å². The average Bonchev–Trinajstić information content (AvgIpc) is 2.70. The Bertz CT molecular complexity index is 355. The minimum absolute atomic E-state index is 0.307. The minimum Gasteiger partial charge on any atom is -0.381 e. The number of hydrogen-bond acceptors (Lipinski definition) is 4. The maximum Gasteiger partial charge on any atom is 0.164 e. The topological polar surface area (TPSA) is 55.0 Å². The Morgan fingerprint density at radius 2 is 2.40 bits per heavy atom. The number of aromatic nitrogens is 2. The Balaban J connectivity index is 2.25. The number of halogens is 1. The van der Waals surface area contributed by atoms with Gasteiger partial charge in [0.1, 0.15) is 0 Å². The summed E-state index contributed by atoms with van der Waals surface area (Å²) in [6, 6.07) is 2.20. The molecular weight excluding hydrogens is 212 g/mol. The van der Waals surface area contributed by atoms with Crippen LogP contribution in [-0.2, 0) is 0 Å². The second-order valence-corrected chi connectivity index (χ2v) is 4.20. The van der Waals surface area contributed by atoms with Gasteiger partial charge in [0, 0.05) is 0 Å². The number of nitrogen functional groups attached to an aromatic ring is 1. The van der Waals surface area contributed by atoms with Crippen molar-refractivity contribution in [2.24, 2.45) is 0 Å². The Labute approximate surface area is 94.4 Å². The lowest BCUT2D eigenvalue weighted by atomic mass is 10.1. The monoisotopic (exact) mass is 226 g/mol. The van der Waals surface area contributed by atoms with Crippen LogP contribution in [0.1, 0.15) is 31.5 Å². The first-order valence-corrected chi connectivity index (χ1v) is 5.62. The van der Waals surface area contributed by atoms with Crippen molar-refractivity contribution in [3.05, 3.63) is 16.8 Å². The fourth-order valence-electron chi connectivity index (χ4n) is 2.09. The highest BCUT2D eigenvalue weighted by Crippen LogP contribution is 2.31. The van der Waals surface area contributed by atoms with Gasteiger partial charge in [0.15, 0.2) is 5.82 Å². The molecule has 0 radical (unpaired) electrons. The summed E-state index contributed by atoms with van der Waals surface area (Å²) in [6.07, 6.45) is 2.34. The van der Waals surface area contributed by atoms with Gasteiger partial charge in [0.2, 0.25) is 0 Å². The van der Waals surface area contributed by atoms with Crippen molar-refractivity contribution in [3.63, 3.8) is 0 Å². The van der Waals surface area contributed by atoms with E-state index in [2.05, 4.69) is 22.0 Å². The molecule has 2 N–H and O–H groups in total. The summed E-state index contributed by atoms with van der Waals surface area (Å²) in [6.45, 7) is 4.32. The number of nitrogens with two attached hydrogens (primary N) is 1. The lowest BCUT2D eigenvalue weighted by Gasteiger charge is -2.21. The third kappa shape index (κ3) is 2.06. The number of rotatable bonds is 2. The van der Waals surface area contributed by atoms with E-state index in [0.29, 0.717) is 16.9 Å². The molecule has 0 saturated carbocycles. The van der Waals surface area contributed by atoms with Gasteiger partial charge in [-0.05, 0) is 32.0 Å². The predicted molar refractivity (Wildman–Crippen MR) is 60.7 cm³/mol. The normalized spacial score (nSPS) is 22.1. The molecule has 1 aliphatic heterocycles. The molecule has 0 amide bonds. The average molecular weight is 227 g/mol. The lowest BCUT2D eigenvalue weighted by Crippen LogP contribution is -2.23. The molecule has 0 aromatic carbocycles. The summed E-state index contributed by atoms with van der Waals surface area (Å²) >= 11 is 5.94. The van der Waals surface area contributed by atoms with Crippen molar-refractivity contribution >= 4 is 17.4 Å². The van der Waals surface area contributed by atoms with Crippen molar-refractivity contribution in [1.29, 1.82) is 0 Å². The van der Waals surface area contributed by atoms with E-state index in [1.165, 1.54) is 6.42 Å². The molecule has 1 atom stereocenters. The molecular formula is C10H15ClN4. The summed E-state index contributed by atoms with van der Waals surface area (Å²) in [7, 11) is 0. The van der Waals surface area contributed by atoms with Crippen LogP contribution in [0.15, 0.2) is 6.07 Å². The molecule has 0 bridgehead atoms. The number of anilines is 1. The smallest absolute Gasteiger partial charge is 0.164 e. The molecule has 15 heavy (non-hydrogen) atoms. The van der Waals surface area contributed by atoms with Crippen molar-refractivity contribution in [3.8, 4) is 0 Å². The number of hydrogen-bond donors (Lipinski definition) is 1. The van der Waals surface area contributed by atoms with E-state index < -0.39 is 0 Å². The standard InChI is InChI=1S/C10H15ClN4/c1-2-15-5-3-4-9(15)8-6-7(11)10(12)14-13-8/h6,9H,2-5H2,1H3,(H2,12,14). The van der Waals surface area contributed by atoms with E-state index in [1.807, 2.05) is 6.07 Å². The summed E-state index contributed by atoms with van der Waals surface area (Å²) < 4.78 is 0. The maximum atomic E-state index is 5.94. The maximum absolute atomic E-state index is 5.94. The van der Waals surface area contributed by atoms with Crippen LogP contribution >= 0.6 is 11.6 Å². The molecule has 0 spiro atoms. The van der Waals surface area contributed by atoms with Crippen LogP contribution in [0.4, 0.5) is 5.82 Å². The largest absolute Gasteiger partial charge is 0.381 e. The minimum atomic E-state index is 0.307. The molecule has 0 aliphatic carbocycles. The summed E-state index contributed by atoms with van der Waals surface area (Å²) in [5.41, 5.74) is 6.47. The molecule has 2 heterocycles. The second kappa shape index (κ2) is 4.33. The van der Waals surface area contributed by atoms with Gasteiger partial charge >= 0.3 is 0 Å². The van der Waals surface area contributed by atoms with Gasteiger partial charge in [-0.25, -0.2) is 0 Å². The van der Waals surface area contributed by atoms with Gasteiger partial charge in [-0.1, -0.05) is 18.5 Å². The Morgan fingerprint density at radius 3 is 3.07 bits per heavy atom. The van der Waals surface area contributed by atoms with Crippen LogP contribution < -0.4 is 5.73 Å². The fourth-order valence-corrected chi connectivity index (χ4v) is 2.24. The highest BCUT2D eigenvalue weighted by atomic mass is 35.5. The molecule has 82 valence electrons. The quantitative estimate of drug-likeness (QED) is 0.837. The molecule has 1 aliphatic rings. The molecule has 1 fully saturated rings. The first kappa shape index (κ1) is 10.6. The summed E-state index contributed by atoms with van der Waals surface area (Å²) in [5.74, 6) is 0.307.